The number of carbonyl (C=O) groups excluding carboxylic acids is 2. The summed E-state index contributed by atoms with van der Waals surface area (Å²) in [5.74, 6) is -0.346. The SMILES string of the molecule is C=Cc1ccccc1C(=O)N(C)C1CCC(=C)NC1=O. The molecule has 4 nitrogen and oxygen atoms in total. The van der Waals surface area contributed by atoms with Crippen LogP contribution in [0.15, 0.2) is 43.1 Å². The first-order valence-corrected chi connectivity index (χ1v) is 6.52. The Morgan fingerprint density at radius 1 is 1.45 bits per heavy atom. The second-order valence-corrected chi connectivity index (χ2v) is 4.85. The average molecular weight is 270 g/mol. The third-order valence-electron chi connectivity index (χ3n) is 3.52. The van der Waals surface area contributed by atoms with E-state index in [2.05, 4.69) is 18.5 Å². The molecule has 1 N–H and O–H groups in total. The third kappa shape index (κ3) is 2.64. The van der Waals surface area contributed by atoms with Crippen molar-refractivity contribution in [3.8, 4) is 0 Å². The molecule has 2 amide bonds. The second-order valence-electron chi connectivity index (χ2n) is 4.85. The summed E-state index contributed by atoms with van der Waals surface area (Å²) in [6.07, 6.45) is 2.93. The smallest absolute Gasteiger partial charge is 0.254 e. The van der Waals surface area contributed by atoms with Crippen molar-refractivity contribution in [2.24, 2.45) is 0 Å². The summed E-state index contributed by atoms with van der Waals surface area (Å²) in [7, 11) is 1.65. The van der Waals surface area contributed by atoms with Gasteiger partial charge in [0, 0.05) is 18.3 Å². The van der Waals surface area contributed by atoms with Crippen molar-refractivity contribution in [2.45, 2.75) is 18.9 Å². The molecule has 1 aliphatic heterocycles. The number of likely N-dealkylation sites (N-methyl/N-ethyl adjacent to an activating group) is 1. The Bertz CT molecular complexity index is 578. The molecule has 0 aliphatic carbocycles. The van der Waals surface area contributed by atoms with Crippen molar-refractivity contribution < 1.29 is 9.59 Å². The maximum Gasteiger partial charge on any atom is 0.254 e. The predicted molar refractivity (Wildman–Crippen MR) is 78.9 cm³/mol. The summed E-state index contributed by atoms with van der Waals surface area (Å²) in [5.41, 5.74) is 2.03. The molecule has 0 bridgehead atoms. The van der Waals surface area contributed by atoms with Gasteiger partial charge in [0.05, 0.1) is 0 Å². The number of hydrogen-bond donors (Lipinski definition) is 1. The van der Waals surface area contributed by atoms with E-state index in [1.54, 1.807) is 25.3 Å². The molecule has 4 heteroatoms. The summed E-state index contributed by atoms with van der Waals surface area (Å²) >= 11 is 0. The largest absolute Gasteiger partial charge is 0.330 e. The van der Waals surface area contributed by atoms with Crippen LogP contribution in [-0.2, 0) is 4.79 Å². The van der Waals surface area contributed by atoms with E-state index in [1.165, 1.54) is 4.90 Å². The molecule has 0 saturated carbocycles. The van der Waals surface area contributed by atoms with Crippen molar-refractivity contribution in [1.82, 2.24) is 10.2 Å². The lowest BCUT2D eigenvalue weighted by atomic mass is 10.0. The molecular formula is C16H18N2O2. The van der Waals surface area contributed by atoms with Crippen molar-refractivity contribution in [3.05, 3.63) is 54.2 Å². The van der Waals surface area contributed by atoms with Crippen LogP contribution in [0.3, 0.4) is 0 Å². The number of allylic oxidation sites excluding steroid dienone is 1. The number of amides is 2. The van der Waals surface area contributed by atoms with Gasteiger partial charge in [0.1, 0.15) is 6.04 Å². The third-order valence-corrected chi connectivity index (χ3v) is 3.52. The molecule has 1 aliphatic rings. The number of benzene rings is 1. The average Bonchev–Trinajstić information content (AvgIpc) is 2.45. The minimum Gasteiger partial charge on any atom is -0.330 e. The maximum absolute atomic E-state index is 12.5. The fourth-order valence-electron chi connectivity index (χ4n) is 2.33. The van der Waals surface area contributed by atoms with Gasteiger partial charge in [-0.05, 0) is 24.5 Å². The van der Waals surface area contributed by atoms with Crippen LogP contribution >= 0.6 is 0 Å². The van der Waals surface area contributed by atoms with Gasteiger partial charge in [-0.25, -0.2) is 0 Å². The first-order valence-electron chi connectivity index (χ1n) is 6.52. The van der Waals surface area contributed by atoms with Crippen LogP contribution in [0, 0.1) is 0 Å². The van der Waals surface area contributed by atoms with E-state index >= 15 is 0 Å². The normalized spacial score (nSPS) is 18.4. The second kappa shape index (κ2) is 5.74. The molecule has 2 rings (SSSR count). The minimum atomic E-state index is -0.453. The molecular weight excluding hydrogens is 252 g/mol. The molecule has 1 fully saturated rings. The predicted octanol–water partition coefficient (Wildman–Crippen LogP) is 2.19. The van der Waals surface area contributed by atoms with E-state index in [4.69, 9.17) is 0 Å². The molecule has 1 aromatic rings. The quantitative estimate of drug-likeness (QED) is 0.915. The summed E-state index contributed by atoms with van der Waals surface area (Å²) in [6.45, 7) is 7.45. The zero-order valence-electron chi connectivity index (χ0n) is 11.6. The Kier molecular flexibility index (Phi) is 4.03. The van der Waals surface area contributed by atoms with E-state index < -0.39 is 6.04 Å². The summed E-state index contributed by atoms with van der Waals surface area (Å²) in [4.78, 5) is 26.0. The fourth-order valence-corrected chi connectivity index (χ4v) is 2.33. The van der Waals surface area contributed by atoms with Gasteiger partial charge in [0.15, 0.2) is 0 Å². The topological polar surface area (TPSA) is 49.4 Å². The fraction of sp³-hybridized carbons (Fsp3) is 0.250. The van der Waals surface area contributed by atoms with E-state index in [1.807, 2.05) is 12.1 Å². The molecule has 20 heavy (non-hydrogen) atoms. The number of hydrogen-bond acceptors (Lipinski definition) is 2. The Balaban J connectivity index is 2.22. The van der Waals surface area contributed by atoms with Crippen molar-refractivity contribution in [3.63, 3.8) is 0 Å². The van der Waals surface area contributed by atoms with E-state index in [9.17, 15) is 9.59 Å². The highest BCUT2D eigenvalue weighted by Gasteiger charge is 2.31. The number of nitrogens with zero attached hydrogens (tertiary/aromatic N) is 1. The van der Waals surface area contributed by atoms with Gasteiger partial charge >= 0.3 is 0 Å². The number of nitrogens with one attached hydrogen (secondary N) is 1. The maximum atomic E-state index is 12.5. The van der Waals surface area contributed by atoms with Gasteiger partial charge in [-0.3, -0.25) is 9.59 Å². The number of rotatable bonds is 3. The molecule has 1 heterocycles. The molecule has 1 aromatic carbocycles. The van der Waals surface area contributed by atoms with E-state index in [0.717, 1.165) is 5.56 Å². The molecule has 1 atom stereocenters. The monoisotopic (exact) mass is 270 g/mol. The lowest BCUT2D eigenvalue weighted by molar-refractivity contribution is -0.125. The number of piperidine rings is 1. The Labute approximate surface area is 118 Å². The van der Waals surface area contributed by atoms with Crippen LogP contribution in [0.1, 0.15) is 28.8 Å². The standard InChI is InChI=1S/C16H18N2O2/c1-4-12-7-5-6-8-13(12)16(20)18(3)14-10-9-11(2)17-15(14)19/h4-8,14H,1-2,9-10H2,3H3,(H,17,19). The zero-order chi connectivity index (χ0) is 14.7. The van der Waals surface area contributed by atoms with Crippen molar-refractivity contribution in [1.29, 1.82) is 0 Å². The highest BCUT2D eigenvalue weighted by molar-refractivity contribution is 6.00. The van der Waals surface area contributed by atoms with Gasteiger partial charge in [-0.1, -0.05) is 37.4 Å². The Hall–Kier alpha value is -2.36. The van der Waals surface area contributed by atoms with Gasteiger partial charge in [0.25, 0.3) is 5.91 Å². The van der Waals surface area contributed by atoms with E-state index in [-0.39, 0.29) is 11.8 Å². The van der Waals surface area contributed by atoms with Crippen molar-refractivity contribution >= 4 is 17.9 Å². The molecule has 0 aromatic heterocycles. The van der Waals surface area contributed by atoms with Crippen LogP contribution in [0.2, 0.25) is 0 Å². The molecule has 104 valence electrons. The minimum absolute atomic E-state index is 0.173. The number of carbonyl (C=O) groups is 2. The Morgan fingerprint density at radius 3 is 2.80 bits per heavy atom. The van der Waals surface area contributed by atoms with Crippen LogP contribution in [0.25, 0.3) is 6.08 Å². The van der Waals surface area contributed by atoms with Crippen LogP contribution in [-0.4, -0.2) is 29.8 Å². The highest BCUT2D eigenvalue weighted by atomic mass is 16.2. The van der Waals surface area contributed by atoms with Crippen LogP contribution < -0.4 is 5.32 Å². The first-order chi connectivity index (χ1) is 9.54. The zero-order valence-corrected chi connectivity index (χ0v) is 11.6. The highest BCUT2D eigenvalue weighted by Crippen LogP contribution is 2.19. The van der Waals surface area contributed by atoms with Gasteiger partial charge in [-0.15, -0.1) is 0 Å². The summed E-state index contributed by atoms with van der Waals surface area (Å²) in [6, 6.07) is 6.78. The summed E-state index contributed by atoms with van der Waals surface area (Å²) < 4.78 is 0. The van der Waals surface area contributed by atoms with Gasteiger partial charge < -0.3 is 10.2 Å². The van der Waals surface area contributed by atoms with Crippen LogP contribution in [0.4, 0.5) is 0 Å². The Morgan fingerprint density at radius 2 is 2.15 bits per heavy atom. The van der Waals surface area contributed by atoms with Gasteiger partial charge in [0.2, 0.25) is 5.91 Å². The molecule has 0 radical (unpaired) electrons. The van der Waals surface area contributed by atoms with E-state index in [0.29, 0.717) is 24.1 Å². The molecule has 1 unspecified atom stereocenters. The lowest BCUT2D eigenvalue weighted by Crippen LogP contribution is -2.50. The first kappa shape index (κ1) is 14.1. The van der Waals surface area contributed by atoms with Crippen LogP contribution in [0.5, 0.6) is 0 Å². The molecule has 1 saturated heterocycles. The summed E-state index contributed by atoms with van der Waals surface area (Å²) in [5, 5.41) is 2.70. The van der Waals surface area contributed by atoms with Gasteiger partial charge in [-0.2, -0.15) is 0 Å². The van der Waals surface area contributed by atoms with Crippen molar-refractivity contribution in [2.75, 3.05) is 7.05 Å². The molecule has 0 spiro atoms. The lowest BCUT2D eigenvalue weighted by Gasteiger charge is -2.31.